The SMILES string of the molecule is CCC(CO)c1nc(C(=O)O)c2n1CCCC2. The summed E-state index contributed by atoms with van der Waals surface area (Å²) in [5, 5.41) is 18.5. The van der Waals surface area contributed by atoms with Crippen LogP contribution in [0.4, 0.5) is 0 Å². The van der Waals surface area contributed by atoms with Crippen molar-refractivity contribution in [3.8, 4) is 0 Å². The third-order valence-corrected chi connectivity index (χ3v) is 3.43. The Labute approximate surface area is 100 Å². The number of imidazole rings is 1. The van der Waals surface area contributed by atoms with Crippen molar-refractivity contribution in [2.45, 2.75) is 45.1 Å². The zero-order valence-corrected chi connectivity index (χ0v) is 10.0. The fourth-order valence-electron chi connectivity index (χ4n) is 2.45. The molecule has 2 heterocycles. The third kappa shape index (κ3) is 2.07. The van der Waals surface area contributed by atoms with Crippen LogP contribution in [0, 0.1) is 0 Å². The number of hydrogen-bond donors (Lipinski definition) is 2. The van der Waals surface area contributed by atoms with E-state index >= 15 is 0 Å². The lowest BCUT2D eigenvalue weighted by Crippen LogP contribution is -2.17. The van der Waals surface area contributed by atoms with Crippen LogP contribution in [-0.4, -0.2) is 32.3 Å². The molecule has 1 atom stereocenters. The molecule has 94 valence electrons. The van der Waals surface area contributed by atoms with Crippen molar-refractivity contribution in [3.63, 3.8) is 0 Å². The molecule has 0 radical (unpaired) electrons. The molecule has 5 nitrogen and oxygen atoms in total. The topological polar surface area (TPSA) is 75.3 Å². The van der Waals surface area contributed by atoms with Gasteiger partial charge in [0, 0.05) is 12.5 Å². The summed E-state index contributed by atoms with van der Waals surface area (Å²) in [5.74, 6) is -0.281. The molecule has 1 aromatic rings. The summed E-state index contributed by atoms with van der Waals surface area (Å²) in [7, 11) is 0. The Morgan fingerprint density at radius 3 is 2.88 bits per heavy atom. The first kappa shape index (κ1) is 12.1. The summed E-state index contributed by atoms with van der Waals surface area (Å²) in [6.07, 6.45) is 3.61. The van der Waals surface area contributed by atoms with Gasteiger partial charge in [0.1, 0.15) is 5.82 Å². The second-order valence-corrected chi connectivity index (χ2v) is 4.47. The minimum absolute atomic E-state index is 0.0199. The van der Waals surface area contributed by atoms with E-state index in [9.17, 15) is 9.90 Å². The molecule has 0 aliphatic carbocycles. The minimum atomic E-state index is -0.963. The maximum absolute atomic E-state index is 11.1. The van der Waals surface area contributed by atoms with Gasteiger partial charge in [-0.05, 0) is 25.7 Å². The van der Waals surface area contributed by atoms with Gasteiger partial charge in [-0.25, -0.2) is 9.78 Å². The number of rotatable bonds is 4. The monoisotopic (exact) mass is 238 g/mol. The predicted octanol–water partition coefficient (Wildman–Crippen LogP) is 1.40. The lowest BCUT2D eigenvalue weighted by Gasteiger charge is -2.19. The van der Waals surface area contributed by atoms with Crippen molar-refractivity contribution in [1.29, 1.82) is 0 Å². The van der Waals surface area contributed by atoms with Crippen LogP contribution in [0.5, 0.6) is 0 Å². The van der Waals surface area contributed by atoms with E-state index in [1.165, 1.54) is 0 Å². The standard InChI is InChI=1S/C12H18N2O3/c1-2-8(7-15)11-13-10(12(16)17)9-5-3-4-6-14(9)11/h8,15H,2-7H2,1H3,(H,16,17). The third-order valence-electron chi connectivity index (χ3n) is 3.43. The zero-order chi connectivity index (χ0) is 12.4. The summed E-state index contributed by atoms with van der Waals surface area (Å²) >= 11 is 0. The molecule has 2 N–H and O–H groups in total. The number of aliphatic hydroxyl groups excluding tert-OH is 1. The van der Waals surface area contributed by atoms with Crippen molar-refractivity contribution < 1.29 is 15.0 Å². The van der Waals surface area contributed by atoms with Gasteiger partial charge in [-0.3, -0.25) is 0 Å². The molecule has 0 bridgehead atoms. The second-order valence-electron chi connectivity index (χ2n) is 4.47. The number of aromatic nitrogens is 2. The Hall–Kier alpha value is -1.36. The highest BCUT2D eigenvalue weighted by molar-refractivity contribution is 5.87. The Morgan fingerprint density at radius 1 is 1.53 bits per heavy atom. The normalized spacial score (nSPS) is 16.6. The van der Waals surface area contributed by atoms with E-state index in [2.05, 4.69) is 4.98 Å². The molecule has 0 spiro atoms. The maximum atomic E-state index is 11.1. The lowest BCUT2D eigenvalue weighted by atomic mass is 10.1. The summed E-state index contributed by atoms with van der Waals surface area (Å²) in [6.45, 7) is 2.82. The van der Waals surface area contributed by atoms with Crippen LogP contribution in [-0.2, 0) is 13.0 Å². The summed E-state index contributed by atoms with van der Waals surface area (Å²) in [4.78, 5) is 15.4. The largest absolute Gasteiger partial charge is 0.476 e. The van der Waals surface area contributed by atoms with Gasteiger partial charge in [-0.1, -0.05) is 6.92 Å². The van der Waals surface area contributed by atoms with Crippen LogP contribution >= 0.6 is 0 Å². The van der Waals surface area contributed by atoms with Gasteiger partial charge in [0.25, 0.3) is 0 Å². The highest BCUT2D eigenvalue weighted by atomic mass is 16.4. The number of carbonyl (C=O) groups is 1. The van der Waals surface area contributed by atoms with Gasteiger partial charge in [-0.15, -0.1) is 0 Å². The molecule has 0 amide bonds. The first-order valence-corrected chi connectivity index (χ1v) is 6.12. The molecule has 0 saturated carbocycles. The van der Waals surface area contributed by atoms with E-state index in [0.717, 1.165) is 43.7 Å². The maximum Gasteiger partial charge on any atom is 0.356 e. The van der Waals surface area contributed by atoms with E-state index in [-0.39, 0.29) is 18.2 Å². The van der Waals surface area contributed by atoms with E-state index < -0.39 is 5.97 Å². The number of fused-ring (bicyclic) bond motifs is 1. The van der Waals surface area contributed by atoms with Crippen molar-refractivity contribution >= 4 is 5.97 Å². The smallest absolute Gasteiger partial charge is 0.356 e. The van der Waals surface area contributed by atoms with E-state index in [1.54, 1.807) is 0 Å². The summed E-state index contributed by atoms with van der Waals surface area (Å²) in [5.41, 5.74) is 0.997. The summed E-state index contributed by atoms with van der Waals surface area (Å²) < 4.78 is 2.00. The fraction of sp³-hybridized carbons (Fsp3) is 0.667. The fourth-order valence-corrected chi connectivity index (χ4v) is 2.45. The Kier molecular flexibility index (Phi) is 3.47. The van der Waals surface area contributed by atoms with Gasteiger partial charge in [-0.2, -0.15) is 0 Å². The van der Waals surface area contributed by atoms with Crippen LogP contribution in [0.1, 0.15) is 54.1 Å². The Balaban J connectivity index is 2.49. The van der Waals surface area contributed by atoms with Crippen LogP contribution in [0.2, 0.25) is 0 Å². The second kappa shape index (κ2) is 4.87. The van der Waals surface area contributed by atoms with Crippen molar-refractivity contribution in [3.05, 3.63) is 17.2 Å². The number of nitrogens with zero attached hydrogens (tertiary/aromatic N) is 2. The number of aliphatic hydroxyl groups is 1. The van der Waals surface area contributed by atoms with Crippen molar-refractivity contribution in [2.24, 2.45) is 0 Å². The van der Waals surface area contributed by atoms with Crippen molar-refractivity contribution in [1.82, 2.24) is 9.55 Å². The van der Waals surface area contributed by atoms with Crippen LogP contribution in [0.3, 0.4) is 0 Å². The quantitative estimate of drug-likeness (QED) is 0.831. The molecular formula is C12H18N2O3. The van der Waals surface area contributed by atoms with Crippen molar-refractivity contribution in [2.75, 3.05) is 6.61 Å². The average molecular weight is 238 g/mol. The highest BCUT2D eigenvalue weighted by Crippen LogP contribution is 2.26. The van der Waals surface area contributed by atoms with E-state index in [4.69, 9.17) is 5.11 Å². The predicted molar refractivity (Wildman–Crippen MR) is 62.2 cm³/mol. The lowest BCUT2D eigenvalue weighted by molar-refractivity contribution is 0.0689. The Bertz CT molecular complexity index is 422. The van der Waals surface area contributed by atoms with Gasteiger partial charge < -0.3 is 14.8 Å². The molecule has 0 saturated heterocycles. The van der Waals surface area contributed by atoms with E-state index in [1.807, 2.05) is 11.5 Å². The molecule has 5 heteroatoms. The molecule has 0 aromatic carbocycles. The van der Waals surface area contributed by atoms with Gasteiger partial charge in [0.2, 0.25) is 0 Å². The molecule has 1 aliphatic rings. The Morgan fingerprint density at radius 2 is 2.29 bits per heavy atom. The molecule has 1 unspecified atom stereocenters. The first-order valence-electron chi connectivity index (χ1n) is 6.12. The number of carboxylic acid groups (broad SMARTS) is 1. The minimum Gasteiger partial charge on any atom is -0.476 e. The molecule has 2 rings (SSSR count). The number of hydrogen-bond acceptors (Lipinski definition) is 3. The van der Waals surface area contributed by atoms with Gasteiger partial charge in [0.15, 0.2) is 5.69 Å². The molecular weight excluding hydrogens is 220 g/mol. The zero-order valence-electron chi connectivity index (χ0n) is 10.0. The van der Waals surface area contributed by atoms with Crippen LogP contribution in [0.25, 0.3) is 0 Å². The molecule has 0 fully saturated rings. The molecule has 1 aliphatic heterocycles. The first-order chi connectivity index (χ1) is 8.19. The number of aromatic carboxylic acids is 1. The van der Waals surface area contributed by atoms with Crippen LogP contribution < -0.4 is 0 Å². The molecule has 1 aromatic heterocycles. The van der Waals surface area contributed by atoms with E-state index in [0.29, 0.717) is 0 Å². The van der Waals surface area contributed by atoms with Gasteiger partial charge in [0.05, 0.1) is 12.3 Å². The molecule has 17 heavy (non-hydrogen) atoms. The number of carboxylic acids is 1. The highest BCUT2D eigenvalue weighted by Gasteiger charge is 2.26. The average Bonchev–Trinajstić information content (AvgIpc) is 2.71. The summed E-state index contributed by atoms with van der Waals surface area (Å²) in [6, 6.07) is 0. The van der Waals surface area contributed by atoms with Gasteiger partial charge >= 0.3 is 5.97 Å². The van der Waals surface area contributed by atoms with Crippen LogP contribution in [0.15, 0.2) is 0 Å².